The molecule has 13 heavy (non-hydrogen) atoms. The van der Waals surface area contributed by atoms with Crippen LogP contribution in [0.15, 0.2) is 12.2 Å². The van der Waals surface area contributed by atoms with E-state index in [9.17, 15) is 4.79 Å². The second-order valence-electron chi connectivity index (χ2n) is 4.44. The van der Waals surface area contributed by atoms with Gasteiger partial charge in [-0.1, -0.05) is 19.1 Å². The summed E-state index contributed by atoms with van der Waals surface area (Å²) in [5, 5.41) is 0. The maximum absolute atomic E-state index is 11.1. The number of rotatable bonds is 3. The lowest BCUT2D eigenvalue weighted by molar-refractivity contribution is -0.118. The van der Waals surface area contributed by atoms with Crippen LogP contribution in [0.2, 0.25) is 0 Å². The molecule has 74 valence electrons. The molecule has 0 spiro atoms. The molecule has 0 bridgehead atoms. The summed E-state index contributed by atoms with van der Waals surface area (Å²) in [5.74, 6) is 0.818. The van der Waals surface area contributed by atoms with Crippen molar-refractivity contribution in [1.82, 2.24) is 0 Å². The van der Waals surface area contributed by atoms with Crippen LogP contribution in [0.5, 0.6) is 0 Å². The minimum absolute atomic E-state index is 0.0149. The van der Waals surface area contributed by atoms with Crippen LogP contribution in [0.25, 0.3) is 0 Å². The summed E-state index contributed by atoms with van der Waals surface area (Å²) in [5.41, 5.74) is -0.0149. The van der Waals surface area contributed by atoms with Crippen molar-refractivity contribution in [3.8, 4) is 0 Å². The molecule has 0 aromatic rings. The fourth-order valence-corrected chi connectivity index (χ4v) is 2.06. The summed E-state index contributed by atoms with van der Waals surface area (Å²) < 4.78 is 0. The summed E-state index contributed by atoms with van der Waals surface area (Å²) in [4.78, 5) is 11.1. The van der Waals surface area contributed by atoms with E-state index in [0.717, 1.165) is 25.2 Å². The van der Waals surface area contributed by atoms with E-state index in [0.29, 0.717) is 0 Å². The van der Waals surface area contributed by atoms with E-state index in [-0.39, 0.29) is 5.41 Å². The normalized spacial score (nSPS) is 35.1. The van der Waals surface area contributed by atoms with Crippen molar-refractivity contribution in [2.45, 2.75) is 46.0 Å². The van der Waals surface area contributed by atoms with E-state index < -0.39 is 0 Å². The van der Waals surface area contributed by atoms with E-state index >= 15 is 0 Å². The maximum Gasteiger partial charge on any atom is 0.126 e. The molecule has 1 aliphatic rings. The molecular weight excluding hydrogens is 160 g/mol. The third kappa shape index (κ3) is 2.68. The van der Waals surface area contributed by atoms with Gasteiger partial charge in [0.25, 0.3) is 0 Å². The Labute approximate surface area is 81.2 Å². The Balaban J connectivity index is 2.54. The molecule has 1 rings (SSSR count). The fraction of sp³-hybridized carbons (Fsp3) is 0.750. The number of carbonyl (C=O) groups excluding carboxylic acids is 1. The molecule has 0 aromatic carbocycles. The topological polar surface area (TPSA) is 17.1 Å². The molecule has 1 heteroatoms. The van der Waals surface area contributed by atoms with Crippen LogP contribution in [0, 0.1) is 11.3 Å². The average Bonchev–Trinajstić information content (AvgIpc) is 2.18. The van der Waals surface area contributed by atoms with Gasteiger partial charge in [0, 0.05) is 5.41 Å². The van der Waals surface area contributed by atoms with Crippen molar-refractivity contribution >= 4 is 6.29 Å². The van der Waals surface area contributed by atoms with Gasteiger partial charge in [0.1, 0.15) is 6.29 Å². The molecule has 1 nitrogen and oxygen atoms in total. The van der Waals surface area contributed by atoms with Gasteiger partial charge in [-0.05, 0) is 44.9 Å². The fourth-order valence-electron chi connectivity index (χ4n) is 2.06. The van der Waals surface area contributed by atoms with Crippen molar-refractivity contribution in [1.29, 1.82) is 0 Å². The zero-order chi connectivity index (χ0) is 9.73. The Kier molecular flexibility index (Phi) is 3.71. The van der Waals surface area contributed by atoms with Gasteiger partial charge in [-0.3, -0.25) is 0 Å². The van der Waals surface area contributed by atoms with Gasteiger partial charge in [0.2, 0.25) is 0 Å². The molecule has 1 saturated carbocycles. The van der Waals surface area contributed by atoms with Crippen molar-refractivity contribution in [3.05, 3.63) is 12.2 Å². The molecule has 0 saturated heterocycles. The number of hydrogen-bond donors (Lipinski definition) is 0. The summed E-state index contributed by atoms with van der Waals surface area (Å²) in [6.45, 7) is 4.30. The zero-order valence-electron chi connectivity index (χ0n) is 8.75. The van der Waals surface area contributed by atoms with Crippen molar-refractivity contribution in [3.63, 3.8) is 0 Å². The lowest BCUT2D eigenvalue weighted by Crippen LogP contribution is -2.27. The van der Waals surface area contributed by atoms with Gasteiger partial charge in [-0.2, -0.15) is 0 Å². The SMILES string of the molecule is C/C=C/CC1(C=O)CCC(C)CC1. The third-order valence-corrected chi connectivity index (χ3v) is 3.28. The van der Waals surface area contributed by atoms with Crippen LogP contribution in [-0.4, -0.2) is 6.29 Å². The van der Waals surface area contributed by atoms with Gasteiger partial charge < -0.3 is 4.79 Å². The molecule has 0 atom stereocenters. The average molecular weight is 180 g/mol. The first-order chi connectivity index (χ1) is 6.22. The molecule has 0 unspecified atom stereocenters. The number of allylic oxidation sites excluding steroid dienone is 2. The molecule has 0 N–H and O–H groups in total. The highest BCUT2D eigenvalue weighted by Crippen LogP contribution is 2.40. The van der Waals surface area contributed by atoms with Crippen LogP contribution in [-0.2, 0) is 4.79 Å². The van der Waals surface area contributed by atoms with Crippen molar-refractivity contribution in [2.75, 3.05) is 0 Å². The van der Waals surface area contributed by atoms with Crippen LogP contribution in [0.4, 0.5) is 0 Å². The standard InChI is InChI=1S/C12H20O/c1-3-4-7-12(10-13)8-5-11(2)6-9-12/h3-4,10-11H,5-9H2,1-2H3/b4-3+. The lowest BCUT2D eigenvalue weighted by atomic mass is 9.70. The van der Waals surface area contributed by atoms with Gasteiger partial charge in [0.15, 0.2) is 0 Å². The summed E-state index contributed by atoms with van der Waals surface area (Å²) in [7, 11) is 0. The monoisotopic (exact) mass is 180 g/mol. The van der Waals surface area contributed by atoms with E-state index in [1.165, 1.54) is 19.1 Å². The van der Waals surface area contributed by atoms with E-state index in [2.05, 4.69) is 13.0 Å². The lowest BCUT2D eigenvalue weighted by Gasteiger charge is -2.34. The summed E-state index contributed by atoms with van der Waals surface area (Å²) >= 11 is 0. The van der Waals surface area contributed by atoms with E-state index in [1.807, 2.05) is 13.0 Å². The first-order valence-corrected chi connectivity index (χ1v) is 5.30. The van der Waals surface area contributed by atoms with E-state index in [1.54, 1.807) is 0 Å². The predicted molar refractivity (Wildman–Crippen MR) is 55.6 cm³/mol. The van der Waals surface area contributed by atoms with Gasteiger partial charge in [-0.15, -0.1) is 0 Å². The zero-order valence-corrected chi connectivity index (χ0v) is 8.75. The van der Waals surface area contributed by atoms with Gasteiger partial charge >= 0.3 is 0 Å². The summed E-state index contributed by atoms with van der Waals surface area (Å²) in [6, 6.07) is 0. The Morgan fingerprint density at radius 3 is 2.46 bits per heavy atom. The Morgan fingerprint density at radius 1 is 1.38 bits per heavy atom. The molecule has 0 heterocycles. The third-order valence-electron chi connectivity index (χ3n) is 3.28. The minimum Gasteiger partial charge on any atom is -0.303 e. The van der Waals surface area contributed by atoms with Crippen LogP contribution in [0.1, 0.15) is 46.0 Å². The molecule has 1 aliphatic carbocycles. The number of carbonyl (C=O) groups is 1. The first-order valence-electron chi connectivity index (χ1n) is 5.30. The highest BCUT2D eigenvalue weighted by Gasteiger charge is 2.32. The van der Waals surface area contributed by atoms with Crippen LogP contribution >= 0.6 is 0 Å². The molecule has 0 amide bonds. The largest absolute Gasteiger partial charge is 0.303 e. The minimum atomic E-state index is -0.0149. The van der Waals surface area contributed by atoms with Crippen LogP contribution < -0.4 is 0 Å². The highest BCUT2D eigenvalue weighted by molar-refractivity contribution is 5.59. The smallest absolute Gasteiger partial charge is 0.126 e. The van der Waals surface area contributed by atoms with Crippen molar-refractivity contribution in [2.24, 2.45) is 11.3 Å². The Morgan fingerprint density at radius 2 is 2.00 bits per heavy atom. The van der Waals surface area contributed by atoms with E-state index in [4.69, 9.17) is 0 Å². The molecule has 0 radical (unpaired) electrons. The van der Waals surface area contributed by atoms with Gasteiger partial charge in [0.05, 0.1) is 0 Å². The summed E-state index contributed by atoms with van der Waals surface area (Å²) in [6.07, 6.45) is 10.9. The van der Waals surface area contributed by atoms with Crippen LogP contribution in [0.3, 0.4) is 0 Å². The second-order valence-corrected chi connectivity index (χ2v) is 4.44. The second kappa shape index (κ2) is 4.59. The number of aldehydes is 1. The Hall–Kier alpha value is -0.590. The van der Waals surface area contributed by atoms with Crippen molar-refractivity contribution < 1.29 is 4.79 Å². The molecule has 0 aromatic heterocycles. The molecular formula is C12H20O. The Bertz CT molecular complexity index is 185. The number of hydrogen-bond acceptors (Lipinski definition) is 1. The first kappa shape index (κ1) is 10.5. The van der Waals surface area contributed by atoms with Gasteiger partial charge in [-0.25, -0.2) is 0 Å². The molecule has 0 aliphatic heterocycles. The maximum atomic E-state index is 11.1. The highest BCUT2D eigenvalue weighted by atomic mass is 16.1. The quantitative estimate of drug-likeness (QED) is 0.481. The molecule has 1 fully saturated rings. The predicted octanol–water partition coefficient (Wildman–Crippen LogP) is 3.35.